The van der Waals surface area contributed by atoms with Crippen LogP contribution in [0.4, 0.5) is 0 Å². The number of hydrogen-bond acceptors (Lipinski definition) is 4. The summed E-state index contributed by atoms with van der Waals surface area (Å²) in [5, 5.41) is 3.25. The summed E-state index contributed by atoms with van der Waals surface area (Å²) in [5.74, 6) is 0. The zero-order valence-corrected chi connectivity index (χ0v) is 13.7. The number of ether oxygens (including phenoxy) is 1. The molecule has 20 heavy (non-hydrogen) atoms. The number of piperidine rings is 1. The Hall–Kier alpha value is -0.210. The molecule has 0 aromatic heterocycles. The Morgan fingerprint density at radius 3 is 2.80 bits per heavy atom. The van der Waals surface area contributed by atoms with Gasteiger partial charge in [-0.25, -0.2) is 0 Å². The van der Waals surface area contributed by atoms with Gasteiger partial charge in [-0.15, -0.1) is 0 Å². The van der Waals surface area contributed by atoms with Gasteiger partial charge in [0, 0.05) is 38.9 Å². The summed E-state index contributed by atoms with van der Waals surface area (Å²) < 4.78 is 34.3. The second kappa shape index (κ2) is 8.94. The van der Waals surface area contributed by atoms with E-state index in [9.17, 15) is 8.42 Å². The lowest BCUT2D eigenvalue weighted by atomic mass is 10.1. The first-order chi connectivity index (χ1) is 9.51. The zero-order valence-electron chi connectivity index (χ0n) is 12.9. The van der Waals surface area contributed by atoms with Crippen molar-refractivity contribution in [1.82, 2.24) is 14.3 Å². The Morgan fingerprint density at radius 2 is 2.15 bits per heavy atom. The molecule has 1 saturated heterocycles. The van der Waals surface area contributed by atoms with Crippen molar-refractivity contribution in [2.45, 2.75) is 51.6 Å². The van der Waals surface area contributed by atoms with E-state index in [-0.39, 0.29) is 12.1 Å². The maximum atomic E-state index is 12.5. The molecule has 0 bridgehead atoms. The molecule has 2 atom stereocenters. The van der Waals surface area contributed by atoms with Crippen molar-refractivity contribution >= 4 is 10.2 Å². The van der Waals surface area contributed by atoms with E-state index in [4.69, 9.17) is 4.74 Å². The van der Waals surface area contributed by atoms with E-state index >= 15 is 0 Å². The van der Waals surface area contributed by atoms with Crippen molar-refractivity contribution in [1.29, 1.82) is 0 Å². The third kappa shape index (κ3) is 5.65. The van der Waals surface area contributed by atoms with Gasteiger partial charge in [-0.2, -0.15) is 17.4 Å². The van der Waals surface area contributed by atoms with Crippen LogP contribution in [0.25, 0.3) is 0 Å². The van der Waals surface area contributed by atoms with E-state index in [0.717, 1.165) is 32.4 Å². The highest BCUT2D eigenvalue weighted by molar-refractivity contribution is 7.87. The van der Waals surface area contributed by atoms with Gasteiger partial charge in [0.2, 0.25) is 0 Å². The molecule has 0 aromatic rings. The molecule has 0 saturated carbocycles. The van der Waals surface area contributed by atoms with Crippen LogP contribution in [0.3, 0.4) is 0 Å². The van der Waals surface area contributed by atoms with Gasteiger partial charge in [-0.05, 0) is 32.7 Å². The first-order valence-corrected chi connectivity index (χ1v) is 8.94. The van der Waals surface area contributed by atoms with Crippen molar-refractivity contribution in [3.8, 4) is 0 Å². The summed E-state index contributed by atoms with van der Waals surface area (Å²) in [6.07, 6.45) is 3.65. The lowest BCUT2D eigenvalue weighted by Crippen LogP contribution is -2.53. The quantitative estimate of drug-likeness (QED) is 0.658. The number of rotatable bonds is 9. The predicted molar refractivity (Wildman–Crippen MR) is 80.9 cm³/mol. The van der Waals surface area contributed by atoms with E-state index < -0.39 is 10.2 Å². The smallest absolute Gasteiger partial charge is 0.279 e. The van der Waals surface area contributed by atoms with Crippen molar-refractivity contribution in [3.05, 3.63) is 0 Å². The summed E-state index contributed by atoms with van der Waals surface area (Å²) in [4.78, 5) is 0. The Balaban J connectivity index is 2.62. The summed E-state index contributed by atoms with van der Waals surface area (Å²) in [5.41, 5.74) is 0. The Kier molecular flexibility index (Phi) is 7.98. The molecular formula is C13H29N3O3S. The number of nitrogens with one attached hydrogen (secondary N) is 2. The van der Waals surface area contributed by atoms with Crippen LogP contribution in [0, 0.1) is 0 Å². The van der Waals surface area contributed by atoms with E-state index in [1.807, 2.05) is 13.8 Å². The van der Waals surface area contributed by atoms with Crippen LogP contribution < -0.4 is 10.0 Å². The largest absolute Gasteiger partial charge is 0.385 e. The predicted octanol–water partition coefficient (Wildman–Crippen LogP) is 0.710. The normalized spacial score (nSPS) is 22.9. The third-order valence-corrected chi connectivity index (χ3v) is 5.42. The highest BCUT2D eigenvalue weighted by Crippen LogP contribution is 2.19. The van der Waals surface area contributed by atoms with Crippen molar-refractivity contribution in [2.75, 3.05) is 33.4 Å². The van der Waals surface area contributed by atoms with Gasteiger partial charge in [-0.1, -0.05) is 13.3 Å². The summed E-state index contributed by atoms with van der Waals surface area (Å²) >= 11 is 0. The monoisotopic (exact) mass is 307 g/mol. The molecule has 1 rings (SSSR count). The minimum atomic E-state index is -3.40. The Labute approximate surface area is 123 Å². The van der Waals surface area contributed by atoms with Gasteiger partial charge >= 0.3 is 0 Å². The van der Waals surface area contributed by atoms with Crippen molar-refractivity contribution in [3.63, 3.8) is 0 Å². The van der Waals surface area contributed by atoms with E-state index in [1.54, 1.807) is 11.4 Å². The van der Waals surface area contributed by atoms with Gasteiger partial charge in [0.05, 0.1) is 0 Å². The molecule has 1 aliphatic rings. The van der Waals surface area contributed by atoms with Crippen LogP contribution in [0.2, 0.25) is 0 Å². The molecule has 0 spiro atoms. The van der Waals surface area contributed by atoms with Crippen LogP contribution in [0.1, 0.15) is 39.5 Å². The van der Waals surface area contributed by atoms with Gasteiger partial charge in [0.1, 0.15) is 0 Å². The van der Waals surface area contributed by atoms with Gasteiger partial charge in [0.25, 0.3) is 10.2 Å². The molecule has 0 aliphatic carbocycles. The highest BCUT2D eigenvalue weighted by Gasteiger charge is 2.32. The van der Waals surface area contributed by atoms with Crippen molar-refractivity contribution < 1.29 is 13.2 Å². The molecule has 2 N–H and O–H groups in total. The molecule has 1 fully saturated rings. The standard InChI is InChI=1S/C13H29N3O3S/c1-4-14-11-13-7-5-6-9-16(13)20(17,18)15-12(2)8-10-19-3/h12-15H,4-11H2,1-3H3. The van der Waals surface area contributed by atoms with Gasteiger partial charge in [-0.3, -0.25) is 0 Å². The minimum Gasteiger partial charge on any atom is -0.385 e. The van der Waals surface area contributed by atoms with Crippen LogP contribution in [-0.4, -0.2) is 58.2 Å². The van der Waals surface area contributed by atoms with E-state index in [2.05, 4.69) is 10.0 Å². The molecule has 2 unspecified atom stereocenters. The second-order valence-corrected chi connectivity index (χ2v) is 7.03. The number of likely N-dealkylation sites (N-methyl/N-ethyl adjacent to an activating group) is 1. The fourth-order valence-corrected chi connectivity index (χ4v) is 4.18. The maximum absolute atomic E-state index is 12.5. The average molecular weight is 307 g/mol. The summed E-state index contributed by atoms with van der Waals surface area (Å²) in [7, 11) is -1.78. The minimum absolute atomic E-state index is 0.0656. The Bertz CT molecular complexity index is 362. The van der Waals surface area contributed by atoms with Crippen LogP contribution in [-0.2, 0) is 14.9 Å². The van der Waals surface area contributed by atoms with Crippen LogP contribution in [0.5, 0.6) is 0 Å². The first-order valence-electron chi connectivity index (χ1n) is 7.50. The SMILES string of the molecule is CCNCC1CCCCN1S(=O)(=O)NC(C)CCOC. The number of hydrogen-bond donors (Lipinski definition) is 2. The Morgan fingerprint density at radius 1 is 1.40 bits per heavy atom. The zero-order chi connectivity index (χ0) is 15.0. The summed E-state index contributed by atoms with van der Waals surface area (Å²) in [6, 6.07) is -0.0440. The second-order valence-electron chi connectivity index (χ2n) is 5.37. The molecule has 6 nitrogen and oxygen atoms in total. The molecule has 120 valence electrons. The summed E-state index contributed by atoms with van der Waals surface area (Å²) in [6.45, 7) is 6.67. The molecule has 0 aromatic carbocycles. The van der Waals surface area contributed by atoms with Crippen molar-refractivity contribution in [2.24, 2.45) is 0 Å². The number of methoxy groups -OCH3 is 1. The molecule has 0 amide bonds. The lowest BCUT2D eigenvalue weighted by molar-refractivity contribution is 0.186. The molecule has 1 aliphatic heterocycles. The fraction of sp³-hybridized carbons (Fsp3) is 1.00. The lowest BCUT2D eigenvalue weighted by Gasteiger charge is -2.35. The van der Waals surface area contributed by atoms with Crippen LogP contribution >= 0.6 is 0 Å². The molecule has 7 heteroatoms. The van der Waals surface area contributed by atoms with Gasteiger partial charge in [0.15, 0.2) is 0 Å². The highest BCUT2D eigenvalue weighted by atomic mass is 32.2. The van der Waals surface area contributed by atoms with E-state index in [0.29, 0.717) is 19.6 Å². The topological polar surface area (TPSA) is 70.7 Å². The van der Waals surface area contributed by atoms with Gasteiger partial charge < -0.3 is 10.1 Å². The third-order valence-electron chi connectivity index (χ3n) is 3.62. The molecule has 1 heterocycles. The maximum Gasteiger partial charge on any atom is 0.279 e. The molecule has 0 radical (unpaired) electrons. The van der Waals surface area contributed by atoms with E-state index in [1.165, 1.54) is 0 Å². The average Bonchev–Trinajstić information content (AvgIpc) is 2.42. The molecular weight excluding hydrogens is 278 g/mol. The fourth-order valence-electron chi connectivity index (χ4n) is 2.48. The first kappa shape index (κ1) is 17.8. The number of nitrogens with zero attached hydrogens (tertiary/aromatic N) is 1. The van der Waals surface area contributed by atoms with Crippen LogP contribution in [0.15, 0.2) is 0 Å².